The molecule has 2 aliphatic rings. The van der Waals surface area contributed by atoms with Crippen LogP contribution in [0.15, 0.2) is 66.7 Å². The van der Waals surface area contributed by atoms with Crippen LogP contribution in [-0.2, 0) is 11.3 Å². The van der Waals surface area contributed by atoms with Gasteiger partial charge < -0.3 is 4.74 Å². The Bertz CT molecular complexity index is 1010. The number of nitrogens with zero attached hydrogens (tertiary/aromatic N) is 6. The van der Waals surface area contributed by atoms with E-state index in [1.807, 2.05) is 4.68 Å². The molecule has 1 unspecified atom stereocenters. The monoisotopic (exact) mass is 444 g/mol. The van der Waals surface area contributed by atoms with Crippen molar-refractivity contribution in [1.82, 2.24) is 30.0 Å². The van der Waals surface area contributed by atoms with E-state index in [9.17, 15) is 0 Å². The minimum absolute atomic E-state index is 0.0459. The van der Waals surface area contributed by atoms with Crippen LogP contribution in [0.4, 0.5) is 0 Å². The molecule has 0 spiro atoms. The molecule has 0 N–H and O–H groups in total. The fourth-order valence-electron chi connectivity index (χ4n) is 4.78. The Morgan fingerprint density at radius 1 is 0.970 bits per heavy atom. The lowest BCUT2D eigenvalue weighted by Crippen LogP contribution is -2.48. The first-order chi connectivity index (χ1) is 16.4. The summed E-state index contributed by atoms with van der Waals surface area (Å²) in [6, 6.07) is 21.2. The average Bonchev–Trinajstić information content (AvgIpc) is 3.55. The van der Waals surface area contributed by atoms with Gasteiger partial charge in [-0.1, -0.05) is 72.8 Å². The van der Waals surface area contributed by atoms with Gasteiger partial charge >= 0.3 is 0 Å². The van der Waals surface area contributed by atoms with Gasteiger partial charge in [0.05, 0.1) is 18.7 Å². The van der Waals surface area contributed by atoms with Crippen molar-refractivity contribution in [3.8, 4) is 0 Å². The summed E-state index contributed by atoms with van der Waals surface area (Å²) in [4.78, 5) is 5.03. The number of rotatable bonds is 8. The molecule has 3 heterocycles. The van der Waals surface area contributed by atoms with Crippen LogP contribution in [0.5, 0.6) is 0 Å². The summed E-state index contributed by atoms with van der Waals surface area (Å²) >= 11 is 0. The zero-order chi connectivity index (χ0) is 22.3. The number of hydrogen-bond donors (Lipinski definition) is 0. The molecule has 0 amide bonds. The van der Waals surface area contributed by atoms with Gasteiger partial charge in [0.2, 0.25) is 0 Å². The highest BCUT2D eigenvalue weighted by molar-refractivity contribution is 5.48. The topological polar surface area (TPSA) is 59.3 Å². The molecular weight excluding hydrogens is 412 g/mol. The van der Waals surface area contributed by atoms with E-state index in [2.05, 4.69) is 98.1 Å². The second kappa shape index (κ2) is 10.8. The van der Waals surface area contributed by atoms with E-state index in [4.69, 9.17) is 4.74 Å². The lowest BCUT2D eigenvalue weighted by Gasteiger charge is -2.38. The highest BCUT2D eigenvalue weighted by atomic mass is 16.5. The Balaban J connectivity index is 1.27. The van der Waals surface area contributed by atoms with Crippen LogP contribution in [0.3, 0.4) is 0 Å². The number of aromatic nitrogens is 4. The molecular formula is C26H32N6O. The third kappa shape index (κ3) is 5.55. The third-order valence-corrected chi connectivity index (χ3v) is 6.57. The summed E-state index contributed by atoms with van der Waals surface area (Å²) in [6.07, 6.45) is 6.87. The molecule has 0 aliphatic carbocycles. The summed E-state index contributed by atoms with van der Waals surface area (Å²) in [5.74, 6) is 0.911. The molecule has 0 radical (unpaired) electrons. The standard InChI is InChI=1S/C26H32N6O/c1-3-9-22(10-4-1)11-7-15-30-16-18-31(19-17-30)25(23-12-5-2-6-13-23)26-27-28-29-32(26)21-24-14-8-20-33-24/h1-7,9-13,24-25H,8,14-21H2/b11-7+/t24?,25-/m0/s1. The van der Waals surface area contributed by atoms with Gasteiger partial charge in [-0.3, -0.25) is 9.80 Å². The number of ether oxygens (including phenoxy) is 1. The smallest absolute Gasteiger partial charge is 0.173 e. The first-order valence-electron chi connectivity index (χ1n) is 12.0. The van der Waals surface area contributed by atoms with Gasteiger partial charge in [0.15, 0.2) is 5.82 Å². The van der Waals surface area contributed by atoms with Crippen LogP contribution < -0.4 is 0 Å². The van der Waals surface area contributed by atoms with Gasteiger partial charge in [-0.15, -0.1) is 5.10 Å². The van der Waals surface area contributed by atoms with Crippen LogP contribution in [0.1, 0.15) is 35.8 Å². The molecule has 2 aromatic carbocycles. The van der Waals surface area contributed by atoms with Crippen LogP contribution in [0.2, 0.25) is 0 Å². The zero-order valence-electron chi connectivity index (χ0n) is 19.0. The Hall–Kier alpha value is -2.87. The first kappa shape index (κ1) is 21.9. The van der Waals surface area contributed by atoms with Gasteiger partial charge in [0.25, 0.3) is 0 Å². The molecule has 0 bridgehead atoms. The Morgan fingerprint density at radius 2 is 1.73 bits per heavy atom. The molecule has 33 heavy (non-hydrogen) atoms. The maximum atomic E-state index is 5.85. The minimum atomic E-state index is 0.0459. The van der Waals surface area contributed by atoms with E-state index in [0.717, 1.165) is 64.5 Å². The van der Waals surface area contributed by atoms with Crippen LogP contribution in [-0.4, -0.2) is 75.4 Å². The second-order valence-corrected chi connectivity index (χ2v) is 8.82. The van der Waals surface area contributed by atoms with E-state index < -0.39 is 0 Å². The SMILES string of the molecule is C(=C\c1ccccc1)/CN1CCN([C@@H](c2ccccc2)c2nnnn2CC2CCCO2)CC1. The lowest BCUT2D eigenvalue weighted by molar-refractivity contribution is 0.0868. The van der Waals surface area contributed by atoms with Crippen LogP contribution in [0.25, 0.3) is 6.08 Å². The molecule has 7 nitrogen and oxygen atoms in total. The average molecular weight is 445 g/mol. The maximum Gasteiger partial charge on any atom is 0.173 e. The summed E-state index contributed by atoms with van der Waals surface area (Å²) in [6.45, 7) is 6.53. The number of hydrogen-bond acceptors (Lipinski definition) is 6. The van der Waals surface area contributed by atoms with Crippen molar-refractivity contribution in [3.05, 3.63) is 83.7 Å². The first-order valence-corrected chi connectivity index (χ1v) is 12.0. The lowest BCUT2D eigenvalue weighted by atomic mass is 10.0. The molecule has 7 heteroatoms. The van der Waals surface area contributed by atoms with Gasteiger partial charge in [-0.2, -0.15) is 0 Å². The Labute approximate surface area is 195 Å². The maximum absolute atomic E-state index is 5.85. The van der Waals surface area contributed by atoms with E-state index in [1.54, 1.807) is 0 Å². The molecule has 2 fully saturated rings. The van der Waals surface area contributed by atoms with Crippen molar-refractivity contribution in [2.24, 2.45) is 0 Å². The number of tetrazole rings is 1. The summed E-state index contributed by atoms with van der Waals surface area (Å²) < 4.78 is 7.81. The van der Waals surface area contributed by atoms with Crippen molar-refractivity contribution < 1.29 is 4.74 Å². The largest absolute Gasteiger partial charge is 0.376 e. The zero-order valence-corrected chi connectivity index (χ0v) is 19.0. The fraction of sp³-hybridized carbons (Fsp3) is 0.423. The van der Waals surface area contributed by atoms with Crippen LogP contribution >= 0.6 is 0 Å². The predicted octanol–water partition coefficient (Wildman–Crippen LogP) is 3.27. The minimum Gasteiger partial charge on any atom is -0.376 e. The molecule has 2 saturated heterocycles. The quantitative estimate of drug-likeness (QED) is 0.532. The Morgan fingerprint density at radius 3 is 2.45 bits per heavy atom. The van der Waals surface area contributed by atoms with E-state index in [1.165, 1.54) is 11.1 Å². The van der Waals surface area contributed by atoms with Gasteiger partial charge in [-0.05, 0) is 34.4 Å². The molecule has 5 rings (SSSR count). The second-order valence-electron chi connectivity index (χ2n) is 8.82. The molecule has 1 aromatic heterocycles. The highest BCUT2D eigenvalue weighted by Crippen LogP contribution is 2.28. The number of benzene rings is 2. The van der Waals surface area contributed by atoms with Crippen molar-refractivity contribution in [1.29, 1.82) is 0 Å². The predicted molar refractivity (Wildman–Crippen MR) is 129 cm³/mol. The molecule has 0 saturated carbocycles. The number of piperazine rings is 1. The molecule has 2 aliphatic heterocycles. The summed E-state index contributed by atoms with van der Waals surface area (Å²) in [5, 5.41) is 12.9. The summed E-state index contributed by atoms with van der Waals surface area (Å²) in [5.41, 5.74) is 2.48. The van der Waals surface area contributed by atoms with Crippen molar-refractivity contribution in [2.75, 3.05) is 39.3 Å². The van der Waals surface area contributed by atoms with Gasteiger partial charge in [0.1, 0.15) is 0 Å². The molecule has 2 atom stereocenters. The van der Waals surface area contributed by atoms with Gasteiger partial charge in [0, 0.05) is 39.3 Å². The van der Waals surface area contributed by atoms with Crippen molar-refractivity contribution >= 4 is 6.08 Å². The Kier molecular flexibility index (Phi) is 7.20. The fourth-order valence-corrected chi connectivity index (χ4v) is 4.78. The van der Waals surface area contributed by atoms with E-state index in [-0.39, 0.29) is 12.1 Å². The highest BCUT2D eigenvalue weighted by Gasteiger charge is 2.31. The normalized spacial score (nSPS) is 21.0. The van der Waals surface area contributed by atoms with Crippen LogP contribution in [0, 0.1) is 0 Å². The molecule has 3 aromatic rings. The van der Waals surface area contributed by atoms with Gasteiger partial charge in [-0.25, -0.2) is 4.68 Å². The van der Waals surface area contributed by atoms with E-state index in [0.29, 0.717) is 0 Å². The van der Waals surface area contributed by atoms with E-state index >= 15 is 0 Å². The molecule has 172 valence electrons. The third-order valence-electron chi connectivity index (χ3n) is 6.57. The summed E-state index contributed by atoms with van der Waals surface area (Å²) in [7, 11) is 0. The van der Waals surface area contributed by atoms with Crippen molar-refractivity contribution in [2.45, 2.75) is 31.5 Å². The van der Waals surface area contributed by atoms with Crippen molar-refractivity contribution in [3.63, 3.8) is 0 Å².